The van der Waals surface area contributed by atoms with Crippen molar-refractivity contribution in [3.8, 4) is 0 Å². The van der Waals surface area contributed by atoms with Gasteiger partial charge in [-0.15, -0.1) is 0 Å². The standard InChI is InChI=1S/C16H24F2N2/c1-12-10-19-13(2)3-5-20(11-12)6-4-14-7-15(17)9-16(18)8-14/h7-9,12-13,19H,3-6,10-11H2,1-2H3. The maximum Gasteiger partial charge on any atom is 0.126 e. The molecule has 1 aliphatic heterocycles. The largest absolute Gasteiger partial charge is 0.314 e. The SMILES string of the molecule is CC1CNC(C)CCN(CCc2cc(F)cc(F)c2)C1. The summed E-state index contributed by atoms with van der Waals surface area (Å²) in [6.07, 6.45) is 1.81. The predicted molar refractivity (Wildman–Crippen MR) is 77.7 cm³/mol. The van der Waals surface area contributed by atoms with Crippen LogP contribution < -0.4 is 5.32 Å². The average Bonchev–Trinajstić information content (AvgIpc) is 2.36. The zero-order chi connectivity index (χ0) is 14.5. The minimum absolute atomic E-state index is 0.487. The van der Waals surface area contributed by atoms with Crippen molar-refractivity contribution in [3.05, 3.63) is 35.4 Å². The smallest absolute Gasteiger partial charge is 0.126 e. The molecule has 2 unspecified atom stereocenters. The number of nitrogens with zero attached hydrogens (tertiary/aromatic N) is 1. The summed E-state index contributed by atoms with van der Waals surface area (Å²) in [4.78, 5) is 2.41. The second-order valence-corrected chi connectivity index (χ2v) is 6.03. The molecule has 1 aliphatic rings. The van der Waals surface area contributed by atoms with Gasteiger partial charge in [-0.3, -0.25) is 0 Å². The highest BCUT2D eigenvalue weighted by Gasteiger charge is 2.16. The Bertz CT molecular complexity index is 416. The van der Waals surface area contributed by atoms with Crippen molar-refractivity contribution in [2.24, 2.45) is 5.92 Å². The quantitative estimate of drug-likeness (QED) is 0.917. The van der Waals surface area contributed by atoms with Gasteiger partial charge < -0.3 is 10.2 Å². The minimum atomic E-state index is -0.487. The Morgan fingerprint density at radius 3 is 2.60 bits per heavy atom. The van der Waals surface area contributed by atoms with E-state index in [1.54, 1.807) is 0 Å². The summed E-state index contributed by atoms with van der Waals surface area (Å²) in [5.74, 6) is -0.375. The van der Waals surface area contributed by atoms with Crippen LogP contribution in [-0.4, -0.2) is 37.1 Å². The molecule has 2 atom stereocenters. The average molecular weight is 282 g/mol. The van der Waals surface area contributed by atoms with Crippen LogP contribution in [0.15, 0.2) is 18.2 Å². The van der Waals surface area contributed by atoms with Crippen molar-refractivity contribution in [1.29, 1.82) is 0 Å². The lowest BCUT2D eigenvalue weighted by molar-refractivity contribution is 0.204. The first kappa shape index (κ1) is 15.4. The molecular weight excluding hydrogens is 258 g/mol. The maximum atomic E-state index is 13.2. The summed E-state index contributed by atoms with van der Waals surface area (Å²) in [6, 6.07) is 4.32. The summed E-state index contributed by atoms with van der Waals surface area (Å²) in [6.45, 7) is 8.41. The molecule has 4 heteroatoms. The molecule has 112 valence electrons. The van der Waals surface area contributed by atoms with Gasteiger partial charge in [0.1, 0.15) is 11.6 Å². The first-order chi connectivity index (χ1) is 9.52. The van der Waals surface area contributed by atoms with Crippen LogP contribution in [0, 0.1) is 17.6 Å². The van der Waals surface area contributed by atoms with Crippen LogP contribution in [-0.2, 0) is 6.42 Å². The summed E-state index contributed by atoms with van der Waals surface area (Å²) >= 11 is 0. The molecule has 1 aromatic carbocycles. The molecule has 2 nitrogen and oxygen atoms in total. The fourth-order valence-corrected chi connectivity index (χ4v) is 2.72. The Labute approximate surface area is 120 Å². The van der Waals surface area contributed by atoms with Crippen molar-refractivity contribution in [2.45, 2.75) is 32.7 Å². The van der Waals surface area contributed by atoms with Gasteiger partial charge in [-0.25, -0.2) is 8.78 Å². The van der Waals surface area contributed by atoms with Crippen LogP contribution in [0.5, 0.6) is 0 Å². The summed E-state index contributed by atoms with van der Waals surface area (Å²) in [5, 5.41) is 3.52. The van der Waals surface area contributed by atoms with Gasteiger partial charge in [0, 0.05) is 25.2 Å². The van der Waals surface area contributed by atoms with Gasteiger partial charge in [-0.05, 0) is 56.5 Å². The van der Waals surface area contributed by atoms with Gasteiger partial charge >= 0.3 is 0 Å². The number of halogens is 2. The molecule has 20 heavy (non-hydrogen) atoms. The molecule has 0 saturated carbocycles. The van der Waals surface area contributed by atoms with Gasteiger partial charge in [0.05, 0.1) is 0 Å². The van der Waals surface area contributed by atoms with Crippen molar-refractivity contribution >= 4 is 0 Å². The third kappa shape index (κ3) is 4.84. The fourth-order valence-electron chi connectivity index (χ4n) is 2.72. The third-order valence-electron chi connectivity index (χ3n) is 3.90. The lowest BCUT2D eigenvalue weighted by Gasteiger charge is -2.31. The summed E-state index contributed by atoms with van der Waals surface area (Å²) < 4.78 is 26.3. The van der Waals surface area contributed by atoms with Crippen LogP contribution in [0.4, 0.5) is 8.78 Å². The van der Waals surface area contributed by atoms with E-state index in [9.17, 15) is 8.78 Å². The lowest BCUT2D eigenvalue weighted by Crippen LogP contribution is -2.43. The van der Waals surface area contributed by atoms with E-state index in [0.717, 1.165) is 44.2 Å². The van der Waals surface area contributed by atoms with Crippen LogP contribution in [0.3, 0.4) is 0 Å². The molecule has 1 aromatic rings. The monoisotopic (exact) mass is 282 g/mol. The number of hydrogen-bond acceptors (Lipinski definition) is 2. The Morgan fingerprint density at radius 1 is 1.20 bits per heavy atom. The zero-order valence-corrected chi connectivity index (χ0v) is 12.3. The number of nitrogens with one attached hydrogen (secondary N) is 1. The second-order valence-electron chi connectivity index (χ2n) is 6.03. The van der Waals surface area contributed by atoms with Crippen molar-refractivity contribution in [2.75, 3.05) is 26.2 Å². The van der Waals surface area contributed by atoms with Crippen LogP contribution in [0.2, 0.25) is 0 Å². The molecule has 0 bridgehead atoms. The highest BCUT2D eigenvalue weighted by atomic mass is 19.1. The first-order valence-electron chi connectivity index (χ1n) is 7.43. The lowest BCUT2D eigenvalue weighted by atomic mass is 10.1. The van der Waals surface area contributed by atoms with Crippen molar-refractivity contribution in [1.82, 2.24) is 10.2 Å². The minimum Gasteiger partial charge on any atom is -0.314 e. The highest BCUT2D eigenvalue weighted by Crippen LogP contribution is 2.11. The van der Waals surface area contributed by atoms with Gasteiger partial charge in [0.2, 0.25) is 0 Å². The van der Waals surface area contributed by atoms with Crippen molar-refractivity contribution in [3.63, 3.8) is 0 Å². The van der Waals surface area contributed by atoms with Gasteiger partial charge in [-0.2, -0.15) is 0 Å². The predicted octanol–water partition coefficient (Wildman–Crippen LogP) is 2.83. The van der Waals surface area contributed by atoms with E-state index >= 15 is 0 Å². The maximum absolute atomic E-state index is 13.2. The highest BCUT2D eigenvalue weighted by molar-refractivity contribution is 5.18. The Kier molecular flexibility index (Phi) is 5.49. The van der Waals surface area contributed by atoms with Crippen LogP contribution >= 0.6 is 0 Å². The van der Waals surface area contributed by atoms with E-state index in [4.69, 9.17) is 0 Å². The molecule has 2 rings (SSSR count). The van der Waals surface area contributed by atoms with E-state index in [-0.39, 0.29) is 0 Å². The van der Waals surface area contributed by atoms with Gasteiger partial charge in [0.15, 0.2) is 0 Å². The van der Waals surface area contributed by atoms with Crippen LogP contribution in [0.25, 0.3) is 0 Å². The van der Waals surface area contributed by atoms with Gasteiger partial charge in [-0.1, -0.05) is 6.92 Å². The fraction of sp³-hybridized carbons (Fsp3) is 0.625. The van der Waals surface area contributed by atoms with E-state index in [1.807, 2.05) is 0 Å². The second kappa shape index (κ2) is 7.14. The third-order valence-corrected chi connectivity index (χ3v) is 3.90. The molecule has 0 spiro atoms. The Balaban J connectivity index is 1.90. The van der Waals surface area contributed by atoms with E-state index < -0.39 is 11.6 Å². The molecular formula is C16H24F2N2. The van der Waals surface area contributed by atoms with Crippen LogP contribution in [0.1, 0.15) is 25.8 Å². The molecule has 1 saturated heterocycles. The Morgan fingerprint density at radius 2 is 1.90 bits per heavy atom. The topological polar surface area (TPSA) is 15.3 Å². The molecule has 0 radical (unpaired) electrons. The molecule has 1 heterocycles. The van der Waals surface area contributed by atoms with Gasteiger partial charge in [0.25, 0.3) is 0 Å². The van der Waals surface area contributed by atoms with E-state index in [2.05, 4.69) is 24.1 Å². The summed E-state index contributed by atoms with van der Waals surface area (Å²) in [5.41, 5.74) is 0.739. The summed E-state index contributed by atoms with van der Waals surface area (Å²) in [7, 11) is 0. The van der Waals surface area contributed by atoms with Crippen molar-refractivity contribution < 1.29 is 8.78 Å². The molecule has 1 N–H and O–H groups in total. The van der Waals surface area contributed by atoms with E-state index in [1.165, 1.54) is 12.1 Å². The molecule has 0 aromatic heterocycles. The first-order valence-corrected chi connectivity index (χ1v) is 7.43. The normalized spacial score (nSPS) is 25.2. The Hall–Kier alpha value is -1.00. The molecule has 1 fully saturated rings. The number of rotatable bonds is 3. The molecule has 0 aliphatic carbocycles. The number of hydrogen-bond donors (Lipinski definition) is 1. The number of benzene rings is 1. The van der Waals surface area contributed by atoms with E-state index in [0.29, 0.717) is 18.4 Å². The zero-order valence-electron chi connectivity index (χ0n) is 12.3. The molecule has 0 amide bonds.